The molecule has 5 nitrogen and oxygen atoms in total. The van der Waals surface area contributed by atoms with Crippen LogP contribution in [0.25, 0.3) is 22.2 Å². The van der Waals surface area contributed by atoms with E-state index in [1.54, 1.807) is 0 Å². The number of benzene rings is 3. The van der Waals surface area contributed by atoms with Crippen molar-refractivity contribution in [2.45, 2.75) is 6.92 Å². The van der Waals surface area contributed by atoms with Crippen LogP contribution < -0.4 is 9.64 Å². The number of anilines is 1. The summed E-state index contributed by atoms with van der Waals surface area (Å²) in [6.45, 7) is 5.64. The van der Waals surface area contributed by atoms with Crippen molar-refractivity contribution in [1.82, 2.24) is 9.88 Å². The Morgan fingerprint density at radius 2 is 1.58 bits per heavy atom. The minimum absolute atomic E-state index is 0.0634. The van der Waals surface area contributed by atoms with Gasteiger partial charge in [-0.1, -0.05) is 36.4 Å². The van der Waals surface area contributed by atoms with E-state index in [-0.39, 0.29) is 5.91 Å². The van der Waals surface area contributed by atoms with Crippen LogP contribution in [-0.4, -0.2) is 48.6 Å². The van der Waals surface area contributed by atoms with Gasteiger partial charge in [0.1, 0.15) is 5.75 Å². The highest BCUT2D eigenvalue weighted by Crippen LogP contribution is 2.28. The predicted octanol–water partition coefficient (Wildman–Crippen LogP) is 5.26. The monoisotopic (exact) mass is 437 g/mol. The topological polar surface area (TPSA) is 45.7 Å². The summed E-state index contributed by atoms with van der Waals surface area (Å²) in [4.78, 5) is 22.8. The molecule has 0 saturated carbocycles. The highest BCUT2D eigenvalue weighted by atomic mass is 16.5. The Hall–Kier alpha value is -3.86. The average molecular weight is 438 g/mol. The van der Waals surface area contributed by atoms with Gasteiger partial charge in [-0.2, -0.15) is 0 Å². The van der Waals surface area contributed by atoms with Gasteiger partial charge >= 0.3 is 0 Å². The molecule has 3 aromatic carbocycles. The predicted molar refractivity (Wildman–Crippen MR) is 133 cm³/mol. The van der Waals surface area contributed by atoms with Gasteiger partial charge in [-0.25, -0.2) is 4.98 Å². The lowest BCUT2D eigenvalue weighted by molar-refractivity contribution is 0.0748. The Morgan fingerprint density at radius 1 is 0.879 bits per heavy atom. The zero-order valence-corrected chi connectivity index (χ0v) is 18.8. The molecule has 1 fully saturated rings. The number of para-hydroxylation sites is 2. The molecular weight excluding hydrogens is 410 g/mol. The number of hydrogen-bond donors (Lipinski definition) is 0. The lowest BCUT2D eigenvalue weighted by atomic mass is 10.0. The Balaban J connectivity index is 1.43. The third kappa shape index (κ3) is 4.40. The maximum absolute atomic E-state index is 13.6. The van der Waals surface area contributed by atoms with E-state index in [1.165, 1.54) is 5.69 Å². The largest absolute Gasteiger partial charge is 0.494 e. The molecule has 0 unspecified atom stereocenters. The number of rotatable bonds is 5. The quantitative estimate of drug-likeness (QED) is 0.427. The van der Waals surface area contributed by atoms with Crippen molar-refractivity contribution < 1.29 is 9.53 Å². The van der Waals surface area contributed by atoms with Gasteiger partial charge in [-0.15, -0.1) is 0 Å². The summed E-state index contributed by atoms with van der Waals surface area (Å²) < 4.78 is 5.56. The van der Waals surface area contributed by atoms with E-state index in [0.29, 0.717) is 25.3 Å². The maximum Gasteiger partial charge on any atom is 0.254 e. The van der Waals surface area contributed by atoms with Gasteiger partial charge in [0.25, 0.3) is 5.91 Å². The number of piperazine rings is 1. The van der Waals surface area contributed by atoms with Crippen molar-refractivity contribution in [3.8, 4) is 17.0 Å². The average Bonchev–Trinajstić information content (AvgIpc) is 2.89. The van der Waals surface area contributed by atoms with Crippen LogP contribution in [0.3, 0.4) is 0 Å². The van der Waals surface area contributed by atoms with E-state index >= 15 is 0 Å². The lowest BCUT2D eigenvalue weighted by Gasteiger charge is -2.36. The van der Waals surface area contributed by atoms with Crippen molar-refractivity contribution in [1.29, 1.82) is 0 Å². The highest BCUT2D eigenvalue weighted by molar-refractivity contribution is 6.07. The molecule has 1 amide bonds. The van der Waals surface area contributed by atoms with Gasteiger partial charge in [0.15, 0.2) is 0 Å². The first-order valence-corrected chi connectivity index (χ1v) is 11.5. The number of carbonyl (C=O) groups excluding carboxylic acids is 1. The molecule has 0 spiro atoms. The molecule has 0 aliphatic carbocycles. The van der Waals surface area contributed by atoms with Crippen LogP contribution >= 0.6 is 0 Å². The van der Waals surface area contributed by atoms with Crippen LogP contribution in [0.15, 0.2) is 84.9 Å². The first-order valence-electron chi connectivity index (χ1n) is 11.5. The fourth-order valence-corrected chi connectivity index (χ4v) is 4.37. The first-order chi connectivity index (χ1) is 16.2. The van der Waals surface area contributed by atoms with E-state index in [9.17, 15) is 4.79 Å². The fourth-order valence-electron chi connectivity index (χ4n) is 4.37. The number of carbonyl (C=O) groups is 1. The van der Waals surface area contributed by atoms with Gasteiger partial charge in [-0.05, 0) is 55.5 Å². The van der Waals surface area contributed by atoms with Gasteiger partial charge in [0.05, 0.1) is 23.4 Å². The Kier molecular flexibility index (Phi) is 5.94. The molecule has 1 aliphatic rings. The summed E-state index contributed by atoms with van der Waals surface area (Å²) in [5.74, 6) is 0.892. The van der Waals surface area contributed by atoms with Crippen molar-refractivity contribution in [3.05, 3.63) is 90.5 Å². The zero-order valence-electron chi connectivity index (χ0n) is 18.8. The second kappa shape index (κ2) is 9.33. The van der Waals surface area contributed by atoms with Crippen molar-refractivity contribution in [2.75, 3.05) is 37.7 Å². The summed E-state index contributed by atoms with van der Waals surface area (Å²) in [6.07, 6.45) is 0. The Labute approximate surface area is 194 Å². The van der Waals surface area contributed by atoms with E-state index in [0.717, 1.165) is 41.0 Å². The molecule has 5 heteroatoms. The van der Waals surface area contributed by atoms with Crippen LogP contribution in [0.1, 0.15) is 17.3 Å². The van der Waals surface area contributed by atoms with Crippen LogP contribution in [0, 0.1) is 0 Å². The van der Waals surface area contributed by atoms with Gasteiger partial charge in [0, 0.05) is 42.8 Å². The summed E-state index contributed by atoms with van der Waals surface area (Å²) in [7, 11) is 0. The molecular formula is C28H27N3O2. The minimum Gasteiger partial charge on any atom is -0.494 e. The van der Waals surface area contributed by atoms with E-state index in [1.807, 2.05) is 72.5 Å². The van der Waals surface area contributed by atoms with Crippen LogP contribution in [0.5, 0.6) is 5.75 Å². The second-order valence-electron chi connectivity index (χ2n) is 8.14. The first kappa shape index (κ1) is 21.0. The zero-order chi connectivity index (χ0) is 22.6. The smallest absolute Gasteiger partial charge is 0.254 e. The van der Waals surface area contributed by atoms with Crippen LogP contribution in [0.4, 0.5) is 5.69 Å². The number of pyridine rings is 1. The standard InChI is InChI=1S/C28H27N3O2/c1-2-33-23-14-12-21(13-15-23)27-20-25(24-10-6-7-11-26(24)29-27)28(32)31-18-16-30(17-19-31)22-8-4-3-5-9-22/h3-15,20H,2,16-19H2,1H3. The molecule has 1 saturated heterocycles. The number of aromatic nitrogens is 1. The van der Waals surface area contributed by atoms with E-state index < -0.39 is 0 Å². The summed E-state index contributed by atoms with van der Waals surface area (Å²) in [6, 6.07) is 28.1. The van der Waals surface area contributed by atoms with E-state index in [4.69, 9.17) is 9.72 Å². The second-order valence-corrected chi connectivity index (χ2v) is 8.14. The van der Waals surface area contributed by atoms with Crippen molar-refractivity contribution >= 4 is 22.5 Å². The normalized spacial score (nSPS) is 13.8. The molecule has 0 radical (unpaired) electrons. The molecule has 0 N–H and O–H groups in total. The molecule has 4 aromatic rings. The van der Waals surface area contributed by atoms with Crippen molar-refractivity contribution in [2.24, 2.45) is 0 Å². The third-order valence-corrected chi connectivity index (χ3v) is 6.10. The number of fused-ring (bicyclic) bond motifs is 1. The van der Waals surface area contributed by atoms with Crippen molar-refractivity contribution in [3.63, 3.8) is 0 Å². The summed E-state index contributed by atoms with van der Waals surface area (Å²) >= 11 is 0. The molecule has 0 atom stereocenters. The number of amides is 1. The Morgan fingerprint density at radius 3 is 2.30 bits per heavy atom. The van der Waals surface area contributed by atoms with E-state index in [2.05, 4.69) is 29.2 Å². The highest BCUT2D eigenvalue weighted by Gasteiger charge is 2.24. The number of ether oxygens (including phenoxy) is 1. The number of nitrogens with zero attached hydrogens (tertiary/aromatic N) is 3. The SMILES string of the molecule is CCOc1ccc(-c2cc(C(=O)N3CCN(c4ccccc4)CC3)c3ccccc3n2)cc1. The maximum atomic E-state index is 13.6. The molecule has 0 bridgehead atoms. The summed E-state index contributed by atoms with van der Waals surface area (Å²) in [5, 5.41) is 0.891. The summed E-state index contributed by atoms with van der Waals surface area (Å²) in [5.41, 5.74) is 4.50. The molecule has 166 valence electrons. The Bertz CT molecular complexity index is 1250. The molecule has 1 aliphatic heterocycles. The van der Waals surface area contributed by atoms with Gasteiger partial charge < -0.3 is 14.5 Å². The lowest BCUT2D eigenvalue weighted by Crippen LogP contribution is -2.48. The molecule has 1 aromatic heterocycles. The van der Waals surface area contributed by atoms with Crippen LogP contribution in [-0.2, 0) is 0 Å². The van der Waals surface area contributed by atoms with Gasteiger partial charge in [-0.3, -0.25) is 4.79 Å². The molecule has 5 rings (SSSR count). The molecule has 2 heterocycles. The van der Waals surface area contributed by atoms with Crippen LogP contribution in [0.2, 0.25) is 0 Å². The third-order valence-electron chi connectivity index (χ3n) is 6.10. The van der Waals surface area contributed by atoms with Gasteiger partial charge in [0.2, 0.25) is 0 Å². The molecule has 33 heavy (non-hydrogen) atoms. The minimum atomic E-state index is 0.0634. The number of hydrogen-bond acceptors (Lipinski definition) is 4. The fraction of sp³-hybridized carbons (Fsp3) is 0.214.